The van der Waals surface area contributed by atoms with E-state index in [1.54, 1.807) is 18.4 Å². The van der Waals surface area contributed by atoms with Gasteiger partial charge < -0.3 is 14.5 Å². The Kier molecular flexibility index (Phi) is 4.29. The van der Waals surface area contributed by atoms with Crippen LogP contribution in [0, 0.1) is 0 Å². The van der Waals surface area contributed by atoms with Crippen molar-refractivity contribution in [2.75, 3.05) is 31.6 Å². The monoisotopic (exact) mass is 342 g/mol. The third-order valence-corrected chi connectivity index (χ3v) is 6.08. The highest BCUT2D eigenvalue weighted by molar-refractivity contribution is 7.10. The van der Waals surface area contributed by atoms with Crippen molar-refractivity contribution in [1.29, 1.82) is 0 Å². The summed E-state index contributed by atoms with van der Waals surface area (Å²) in [5.74, 6) is 0.134. The lowest BCUT2D eigenvalue weighted by Crippen LogP contribution is -2.35. The second-order valence-corrected chi connectivity index (χ2v) is 7.49. The van der Waals surface area contributed by atoms with Crippen LogP contribution in [0.15, 0.2) is 35.7 Å². The number of hydrogen-bond donors (Lipinski definition) is 0. The number of rotatable bonds is 3. The van der Waals surface area contributed by atoms with Crippen LogP contribution in [-0.2, 0) is 17.7 Å². The van der Waals surface area contributed by atoms with Crippen molar-refractivity contribution in [2.45, 2.75) is 25.5 Å². The molecule has 5 heteroatoms. The van der Waals surface area contributed by atoms with Gasteiger partial charge in [0.2, 0.25) is 0 Å². The van der Waals surface area contributed by atoms with Gasteiger partial charge in [0.15, 0.2) is 0 Å². The Balaban J connectivity index is 1.44. The van der Waals surface area contributed by atoms with Crippen molar-refractivity contribution in [3.05, 3.63) is 51.7 Å². The predicted molar refractivity (Wildman–Crippen MR) is 96.8 cm³/mol. The quantitative estimate of drug-likeness (QED) is 0.859. The van der Waals surface area contributed by atoms with Gasteiger partial charge in [-0.15, -0.1) is 11.3 Å². The lowest BCUT2D eigenvalue weighted by atomic mass is 10.1. The van der Waals surface area contributed by atoms with E-state index in [2.05, 4.69) is 28.5 Å². The van der Waals surface area contributed by atoms with Crippen molar-refractivity contribution in [3.63, 3.8) is 0 Å². The predicted octanol–water partition coefficient (Wildman–Crippen LogP) is 3.17. The first-order valence-corrected chi connectivity index (χ1v) is 9.35. The highest BCUT2D eigenvalue weighted by Crippen LogP contribution is 2.26. The highest BCUT2D eigenvalue weighted by Gasteiger charge is 2.24. The van der Waals surface area contributed by atoms with Crippen molar-refractivity contribution >= 4 is 22.9 Å². The van der Waals surface area contributed by atoms with Crippen molar-refractivity contribution in [1.82, 2.24) is 4.90 Å². The van der Waals surface area contributed by atoms with Crippen LogP contribution in [-0.4, -0.2) is 43.7 Å². The summed E-state index contributed by atoms with van der Waals surface area (Å²) in [7, 11) is 1.77. The van der Waals surface area contributed by atoms with Crippen molar-refractivity contribution in [3.8, 4) is 0 Å². The van der Waals surface area contributed by atoms with E-state index in [4.69, 9.17) is 4.74 Å². The summed E-state index contributed by atoms with van der Waals surface area (Å²) >= 11 is 1.80. The van der Waals surface area contributed by atoms with Gasteiger partial charge in [0.1, 0.15) is 0 Å². The van der Waals surface area contributed by atoms with Gasteiger partial charge in [-0.2, -0.15) is 0 Å². The number of benzene rings is 1. The van der Waals surface area contributed by atoms with Crippen LogP contribution in [0.5, 0.6) is 0 Å². The molecule has 0 saturated carbocycles. The van der Waals surface area contributed by atoms with Crippen LogP contribution >= 0.6 is 11.3 Å². The van der Waals surface area contributed by atoms with Gasteiger partial charge in [-0.3, -0.25) is 4.79 Å². The Bertz CT molecular complexity index is 725. The fourth-order valence-electron chi connectivity index (χ4n) is 3.57. The Hall–Kier alpha value is -1.85. The third-order valence-electron chi connectivity index (χ3n) is 5.05. The fraction of sp³-hybridized carbons (Fsp3) is 0.421. The number of amides is 1. The molecule has 1 fully saturated rings. The summed E-state index contributed by atoms with van der Waals surface area (Å²) in [5.41, 5.74) is 3.25. The van der Waals surface area contributed by atoms with E-state index in [0.29, 0.717) is 6.10 Å². The minimum absolute atomic E-state index is 0.134. The molecule has 4 nitrogen and oxygen atoms in total. The molecule has 1 amide bonds. The van der Waals surface area contributed by atoms with Crippen LogP contribution in [0.4, 0.5) is 5.69 Å². The second-order valence-electron chi connectivity index (χ2n) is 6.48. The van der Waals surface area contributed by atoms with Gasteiger partial charge in [-0.25, -0.2) is 0 Å². The third kappa shape index (κ3) is 2.94. The molecule has 0 spiro atoms. The number of carbonyl (C=O) groups excluding carboxylic acids is 1. The molecule has 1 aromatic heterocycles. The van der Waals surface area contributed by atoms with Gasteiger partial charge >= 0.3 is 0 Å². The van der Waals surface area contributed by atoms with Gasteiger partial charge in [0.05, 0.1) is 6.10 Å². The maximum atomic E-state index is 12.8. The van der Waals surface area contributed by atoms with Gasteiger partial charge in [-0.05, 0) is 54.1 Å². The molecule has 126 valence electrons. The minimum Gasteiger partial charge on any atom is -0.380 e. The van der Waals surface area contributed by atoms with Crippen LogP contribution in [0.2, 0.25) is 0 Å². The number of fused-ring (bicyclic) bond motifs is 1. The van der Waals surface area contributed by atoms with E-state index in [1.165, 1.54) is 16.1 Å². The number of thiophene rings is 1. The van der Waals surface area contributed by atoms with E-state index < -0.39 is 0 Å². The molecule has 3 heterocycles. The minimum atomic E-state index is 0.134. The largest absolute Gasteiger partial charge is 0.380 e. The Morgan fingerprint density at radius 2 is 2.04 bits per heavy atom. The zero-order valence-electron chi connectivity index (χ0n) is 13.9. The molecule has 1 atom stereocenters. The zero-order chi connectivity index (χ0) is 16.5. The summed E-state index contributed by atoms with van der Waals surface area (Å²) in [6.07, 6.45) is 2.36. The number of ether oxygens (including phenoxy) is 1. The molecule has 1 saturated heterocycles. The molecule has 2 aliphatic heterocycles. The molecule has 0 radical (unpaired) electrons. The topological polar surface area (TPSA) is 32.8 Å². The lowest BCUT2D eigenvalue weighted by molar-refractivity contribution is 0.0736. The molecular weight excluding hydrogens is 320 g/mol. The van der Waals surface area contributed by atoms with Crippen molar-refractivity contribution < 1.29 is 9.53 Å². The Morgan fingerprint density at radius 3 is 2.79 bits per heavy atom. The Labute approximate surface area is 146 Å². The van der Waals surface area contributed by atoms with Crippen LogP contribution in [0.25, 0.3) is 0 Å². The standard InChI is InChI=1S/C19H22N2O2S/c1-23-17-6-9-20(13-17)16-4-2-14(3-5-16)19(22)21-10-7-18-15(12-21)8-11-24-18/h2-5,8,11,17H,6-7,9-10,12-13H2,1H3/t17-/m1/s1. The molecular formula is C19H22N2O2S. The van der Waals surface area contributed by atoms with E-state index in [0.717, 1.165) is 44.6 Å². The smallest absolute Gasteiger partial charge is 0.254 e. The number of hydrogen-bond acceptors (Lipinski definition) is 4. The molecule has 0 unspecified atom stereocenters. The Morgan fingerprint density at radius 1 is 1.21 bits per heavy atom. The molecule has 0 N–H and O–H groups in total. The first kappa shape index (κ1) is 15.7. The molecule has 0 bridgehead atoms. The van der Waals surface area contributed by atoms with E-state index >= 15 is 0 Å². The van der Waals surface area contributed by atoms with Gasteiger partial charge in [-0.1, -0.05) is 0 Å². The number of anilines is 1. The van der Waals surface area contributed by atoms with Crippen LogP contribution in [0.3, 0.4) is 0 Å². The molecule has 1 aromatic carbocycles. The maximum absolute atomic E-state index is 12.8. The summed E-state index contributed by atoms with van der Waals surface area (Å²) in [5, 5.41) is 2.12. The average molecular weight is 342 g/mol. The molecule has 2 aliphatic rings. The van der Waals surface area contributed by atoms with E-state index in [-0.39, 0.29) is 5.91 Å². The summed E-state index contributed by atoms with van der Waals surface area (Å²) in [6, 6.07) is 10.2. The molecule has 4 rings (SSSR count). The second kappa shape index (κ2) is 6.57. The summed E-state index contributed by atoms with van der Waals surface area (Å²) in [4.78, 5) is 18.5. The first-order chi connectivity index (χ1) is 11.7. The van der Waals surface area contributed by atoms with Gasteiger partial charge in [0, 0.05) is 49.4 Å². The van der Waals surface area contributed by atoms with Crippen molar-refractivity contribution in [2.24, 2.45) is 0 Å². The van der Waals surface area contributed by atoms with E-state index in [9.17, 15) is 4.79 Å². The van der Waals surface area contributed by atoms with E-state index in [1.807, 2.05) is 17.0 Å². The summed E-state index contributed by atoms with van der Waals surface area (Å²) < 4.78 is 5.42. The molecule has 2 aromatic rings. The fourth-order valence-corrected chi connectivity index (χ4v) is 4.46. The SMILES string of the molecule is CO[C@@H]1CCN(c2ccc(C(=O)N3CCc4sccc4C3)cc2)C1. The molecule has 0 aliphatic carbocycles. The normalized spacial score (nSPS) is 20.3. The molecule has 24 heavy (non-hydrogen) atoms. The maximum Gasteiger partial charge on any atom is 0.254 e. The first-order valence-electron chi connectivity index (χ1n) is 8.47. The number of methoxy groups -OCH3 is 1. The van der Waals surface area contributed by atoms with Gasteiger partial charge in [0.25, 0.3) is 5.91 Å². The highest BCUT2D eigenvalue weighted by atomic mass is 32.1. The van der Waals surface area contributed by atoms with Crippen LogP contribution in [0.1, 0.15) is 27.2 Å². The number of carbonyl (C=O) groups is 1. The lowest BCUT2D eigenvalue weighted by Gasteiger charge is -2.27. The average Bonchev–Trinajstić information content (AvgIpc) is 3.29. The number of nitrogens with zero attached hydrogens (tertiary/aromatic N) is 2. The summed E-state index contributed by atoms with van der Waals surface area (Å²) in [6.45, 7) is 3.49. The zero-order valence-corrected chi connectivity index (χ0v) is 14.7. The van der Waals surface area contributed by atoms with Crippen LogP contribution < -0.4 is 4.90 Å².